The fourth-order valence-electron chi connectivity index (χ4n) is 2.83. The number of carbonyl (C=O) groups excluding carboxylic acids is 1. The van der Waals surface area contributed by atoms with Crippen LogP contribution < -0.4 is 14.5 Å². The third-order valence-electron chi connectivity index (χ3n) is 4.70. The summed E-state index contributed by atoms with van der Waals surface area (Å²) >= 11 is 0. The fraction of sp³-hybridized carbons (Fsp3) is 0.364. The Hall–Kier alpha value is -2.86. The molecule has 0 N–H and O–H groups in total. The molecule has 6 heteroatoms. The number of amides is 1. The number of anilines is 1. The Morgan fingerprint density at radius 2 is 1.89 bits per heavy atom. The quantitative estimate of drug-likeness (QED) is 0.536. The zero-order valence-electron chi connectivity index (χ0n) is 16.3. The molecule has 6 nitrogen and oxygen atoms in total. The molecule has 1 fully saturated rings. The number of hydrogen-bond acceptors (Lipinski definition) is 5. The summed E-state index contributed by atoms with van der Waals surface area (Å²) in [5.41, 5.74) is 1.87. The van der Waals surface area contributed by atoms with Crippen molar-refractivity contribution in [1.82, 2.24) is 0 Å². The molecule has 148 valence electrons. The molecule has 0 bridgehead atoms. The topological polar surface area (TPSA) is 60.4 Å². The van der Waals surface area contributed by atoms with Crippen molar-refractivity contribution in [3.63, 3.8) is 0 Å². The van der Waals surface area contributed by atoms with Crippen LogP contribution in [-0.4, -0.2) is 32.4 Å². The molecule has 0 aromatic heterocycles. The summed E-state index contributed by atoms with van der Waals surface area (Å²) in [5.74, 6) is 1.77. The first-order chi connectivity index (χ1) is 13.6. The highest BCUT2D eigenvalue weighted by Gasteiger charge is 2.11. The van der Waals surface area contributed by atoms with Crippen molar-refractivity contribution in [2.45, 2.75) is 26.4 Å². The van der Waals surface area contributed by atoms with E-state index in [0.717, 1.165) is 37.3 Å². The summed E-state index contributed by atoms with van der Waals surface area (Å²) in [6.45, 7) is 3.54. The van der Waals surface area contributed by atoms with Gasteiger partial charge in [-0.05, 0) is 42.7 Å². The SMILES string of the molecule is CC(=O)N(C)c1ccc(COc2cccc(ON=CC3CCOCC3)c2)cc1. The highest BCUT2D eigenvalue weighted by Crippen LogP contribution is 2.22. The molecule has 2 aromatic carbocycles. The molecule has 0 spiro atoms. The Balaban J connectivity index is 1.51. The number of hydrogen-bond donors (Lipinski definition) is 0. The van der Waals surface area contributed by atoms with E-state index in [4.69, 9.17) is 14.3 Å². The number of oxime groups is 1. The van der Waals surface area contributed by atoms with Gasteiger partial charge in [-0.3, -0.25) is 4.79 Å². The second-order valence-corrected chi connectivity index (χ2v) is 6.80. The lowest BCUT2D eigenvalue weighted by Gasteiger charge is -2.17. The fourth-order valence-corrected chi connectivity index (χ4v) is 2.83. The van der Waals surface area contributed by atoms with Gasteiger partial charge in [0.25, 0.3) is 0 Å². The summed E-state index contributed by atoms with van der Waals surface area (Å²) in [5, 5.41) is 4.10. The molecular formula is C22H26N2O4. The first kappa shape index (κ1) is 19.9. The molecule has 0 radical (unpaired) electrons. The Morgan fingerprint density at radius 1 is 1.18 bits per heavy atom. The van der Waals surface area contributed by atoms with E-state index in [2.05, 4.69) is 5.16 Å². The minimum absolute atomic E-state index is 0.000272. The van der Waals surface area contributed by atoms with Crippen molar-refractivity contribution in [2.24, 2.45) is 11.1 Å². The number of nitrogens with zero attached hydrogens (tertiary/aromatic N) is 2. The molecule has 1 heterocycles. The number of carbonyl (C=O) groups is 1. The van der Waals surface area contributed by atoms with E-state index in [9.17, 15) is 4.79 Å². The Labute approximate surface area is 165 Å². The lowest BCUT2D eigenvalue weighted by Crippen LogP contribution is -2.22. The molecule has 2 aromatic rings. The standard InChI is InChI=1S/C22H26N2O4/c1-17(25)24(2)20-8-6-19(7-9-20)16-27-21-4-3-5-22(14-21)28-23-15-18-10-12-26-13-11-18/h3-9,14-15,18H,10-13,16H2,1-2H3. The van der Waals surface area contributed by atoms with Crippen LogP contribution in [0.4, 0.5) is 5.69 Å². The van der Waals surface area contributed by atoms with Gasteiger partial charge in [0.15, 0.2) is 5.75 Å². The van der Waals surface area contributed by atoms with Gasteiger partial charge < -0.3 is 19.2 Å². The highest BCUT2D eigenvalue weighted by atomic mass is 16.6. The smallest absolute Gasteiger partial charge is 0.223 e. The third kappa shape index (κ3) is 5.82. The number of ether oxygens (including phenoxy) is 2. The van der Waals surface area contributed by atoms with Crippen molar-refractivity contribution in [1.29, 1.82) is 0 Å². The predicted molar refractivity (Wildman–Crippen MR) is 109 cm³/mol. The third-order valence-corrected chi connectivity index (χ3v) is 4.70. The van der Waals surface area contributed by atoms with E-state index < -0.39 is 0 Å². The minimum Gasteiger partial charge on any atom is -0.489 e. The highest BCUT2D eigenvalue weighted by molar-refractivity contribution is 5.90. The molecular weight excluding hydrogens is 356 g/mol. The van der Waals surface area contributed by atoms with Crippen molar-refractivity contribution in [3.8, 4) is 11.5 Å². The molecule has 0 atom stereocenters. The average molecular weight is 382 g/mol. The first-order valence-corrected chi connectivity index (χ1v) is 9.46. The van der Waals surface area contributed by atoms with Crippen LogP contribution in [0.3, 0.4) is 0 Å². The molecule has 28 heavy (non-hydrogen) atoms. The van der Waals surface area contributed by atoms with Crippen molar-refractivity contribution < 1.29 is 19.1 Å². The van der Waals surface area contributed by atoms with Crippen LogP contribution in [0.2, 0.25) is 0 Å². The van der Waals surface area contributed by atoms with Crippen LogP contribution in [-0.2, 0) is 16.1 Å². The number of rotatable bonds is 7. The van der Waals surface area contributed by atoms with Crippen molar-refractivity contribution >= 4 is 17.8 Å². The van der Waals surface area contributed by atoms with E-state index in [1.807, 2.05) is 54.7 Å². The largest absolute Gasteiger partial charge is 0.489 e. The second kappa shape index (κ2) is 9.90. The summed E-state index contributed by atoms with van der Waals surface area (Å²) < 4.78 is 11.2. The van der Waals surface area contributed by atoms with Gasteiger partial charge in [-0.25, -0.2) is 0 Å². The van der Waals surface area contributed by atoms with Gasteiger partial charge in [0.05, 0.1) is 0 Å². The van der Waals surface area contributed by atoms with Crippen LogP contribution in [0.25, 0.3) is 0 Å². The molecule has 0 aliphatic carbocycles. The van der Waals surface area contributed by atoms with E-state index in [1.54, 1.807) is 18.9 Å². The zero-order chi connectivity index (χ0) is 19.8. The monoisotopic (exact) mass is 382 g/mol. The van der Waals surface area contributed by atoms with Crippen LogP contribution in [0.1, 0.15) is 25.3 Å². The van der Waals surface area contributed by atoms with Gasteiger partial charge in [0, 0.05) is 51.1 Å². The molecule has 1 amide bonds. The maximum absolute atomic E-state index is 11.4. The molecule has 0 saturated carbocycles. The minimum atomic E-state index is 0.000272. The molecule has 0 unspecified atom stereocenters. The number of benzene rings is 2. The normalized spacial score (nSPS) is 14.8. The van der Waals surface area contributed by atoms with Crippen molar-refractivity contribution in [2.75, 3.05) is 25.2 Å². The van der Waals surface area contributed by atoms with E-state index in [0.29, 0.717) is 24.0 Å². The van der Waals surface area contributed by atoms with Gasteiger partial charge in [-0.15, -0.1) is 0 Å². The van der Waals surface area contributed by atoms with Gasteiger partial charge >= 0.3 is 0 Å². The maximum Gasteiger partial charge on any atom is 0.223 e. The molecule has 3 rings (SSSR count). The zero-order valence-corrected chi connectivity index (χ0v) is 16.3. The Kier molecular flexibility index (Phi) is 7.03. The van der Waals surface area contributed by atoms with Crippen LogP contribution in [0.5, 0.6) is 11.5 Å². The molecule has 1 aliphatic heterocycles. The van der Waals surface area contributed by atoms with Gasteiger partial charge in [0.1, 0.15) is 12.4 Å². The van der Waals surface area contributed by atoms with Crippen LogP contribution in [0.15, 0.2) is 53.7 Å². The Bertz CT molecular complexity index is 798. The van der Waals surface area contributed by atoms with Gasteiger partial charge in [0.2, 0.25) is 5.91 Å². The van der Waals surface area contributed by atoms with Crippen LogP contribution >= 0.6 is 0 Å². The summed E-state index contributed by atoms with van der Waals surface area (Å²) in [6, 6.07) is 15.1. The summed E-state index contributed by atoms with van der Waals surface area (Å²) in [7, 11) is 1.75. The first-order valence-electron chi connectivity index (χ1n) is 9.46. The second-order valence-electron chi connectivity index (χ2n) is 6.80. The summed E-state index contributed by atoms with van der Waals surface area (Å²) in [4.78, 5) is 18.5. The average Bonchev–Trinajstić information content (AvgIpc) is 2.73. The predicted octanol–water partition coefficient (Wildman–Crippen LogP) is 4.04. The Morgan fingerprint density at radius 3 is 2.61 bits per heavy atom. The summed E-state index contributed by atoms with van der Waals surface area (Å²) in [6.07, 6.45) is 3.82. The molecule has 1 aliphatic rings. The van der Waals surface area contributed by atoms with E-state index >= 15 is 0 Å². The maximum atomic E-state index is 11.4. The van der Waals surface area contributed by atoms with E-state index in [-0.39, 0.29) is 5.91 Å². The molecule has 1 saturated heterocycles. The van der Waals surface area contributed by atoms with E-state index in [1.165, 1.54) is 0 Å². The van der Waals surface area contributed by atoms with Gasteiger partial charge in [-0.1, -0.05) is 23.4 Å². The lowest BCUT2D eigenvalue weighted by molar-refractivity contribution is -0.116. The van der Waals surface area contributed by atoms with Crippen molar-refractivity contribution in [3.05, 3.63) is 54.1 Å². The lowest BCUT2D eigenvalue weighted by atomic mass is 10.0. The van der Waals surface area contributed by atoms with Gasteiger partial charge in [-0.2, -0.15) is 0 Å². The van der Waals surface area contributed by atoms with Crippen LogP contribution in [0, 0.1) is 5.92 Å².